The Balaban J connectivity index is 1.99. The largest absolute Gasteiger partial charge is 0.389 e. The highest BCUT2D eigenvalue weighted by molar-refractivity contribution is 7.80. The van der Waals surface area contributed by atoms with E-state index in [1.807, 2.05) is 24.3 Å². The molecule has 1 amide bonds. The molecule has 0 bridgehead atoms. The highest BCUT2D eigenvalue weighted by Gasteiger charge is 2.19. The highest BCUT2D eigenvalue weighted by atomic mass is 32.1. The van der Waals surface area contributed by atoms with E-state index in [4.69, 9.17) is 18.0 Å². The Morgan fingerprint density at radius 3 is 2.45 bits per heavy atom. The molecule has 2 rings (SSSR count). The molecular formula is C16H22N2OS. The van der Waals surface area contributed by atoms with Crippen LogP contribution in [0.25, 0.3) is 0 Å². The van der Waals surface area contributed by atoms with Crippen LogP contribution in [0.5, 0.6) is 0 Å². The van der Waals surface area contributed by atoms with Crippen molar-refractivity contribution in [2.45, 2.75) is 44.9 Å². The van der Waals surface area contributed by atoms with Gasteiger partial charge in [-0.2, -0.15) is 0 Å². The van der Waals surface area contributed by atoms with E-state index in [-0.39, 0.29) is 11.8 Å². The zero-order valence-electron chi connectivity index (χ0n) is 11.7. The van der Waals surface area contributed by atoms with Gasteiger partial charge in [0.2, 0.25) is 5.91 Å². The number of benzene rings is 1. The second-order valence-electron chi connectivity index (χ2n) is 5.48. The summed E-state index contributed by atoms with van der Waals surface area (Å²) < 4.78 is 0. The summed E-state index contributed by atoms with van der Waals surface area (Å²) in [6.45, 7) is 0. The Hall–Kier alpha value is -1.42. The van der Waals surface area contributed by atoms with Crippen molar-refractivity contribution in [2.75, 3.05) is 5.32 Å². The van der Waals surface area contributed by atoms with Crippen LogP contribution in [-0.2, 0) is 4.79 Å². The summed E-state index contributed by atoms with van der Waals surface area (Å²) in [5.41, 5.74) is 7.18. The number of carbonyl (C=O) groups excluding carboxylic acids is 1. The second-order valence-corrected chi connectivity index (χ2v) is 5.92. The third-order valence-corrected chi connectivity index (χ3v) is 4.13. The highest BCUT2D eigenvalue weighted by Crippen LogP contribution is 2.23. The number of carbonyl (C=O) groups is 1. The SMILES string of the molecule is NC(=S)c1cccc(NC(=O)C2CCCCCCC2)c1. The molecule has 0 aromatic heterocycles. The van der Waals surface area contributed by atoms with Gasteiger partial charge in [-0.05, 0) is 25.0 Å². The number of thiocarbonyl (C=S) groups is 1. The summed E-state index contributed by atoms with van der Waals surface area (Å²) in [7, 11) is 0. The molecule has 0 radical (unpaired) electrons. The van der Waals surface area contributed by atoms with Crippen LogP contribution in [0.1, 0.15) is 50.5 Å². The number of rotatable bonds is 3. The van der Waals surface area contributed by atoms with E-state index in [1.165, 1.54) is 19.3 Å². The number of nitrogens with two attached hydrogens (primary N) is 1. The van der Waals surface area contributed by atoms with E-state index >= 15 is 0 Å². The summed E-state index contributed by atoms with van der Waals surface area (Å²) in [5.74, 6) is 0.274. The average Bonchev–Trinajstić information content (AvgIpc) is 2.38. The molecule has 108 valence electrons. The lowest BCUT2D eigenvalue weighted by atomic mass is 9.90. The normalized spacial score (nSPS) is 17.0. The quantitative estimate of drug-likeness (QED) is 0.836. The number of hydrogen-bond donors (Lipinski definition) is 2. The van der Waals surface area contributed by atoms with Gasteiger partial charge in [0.25, 0.3) is 0 Å². The fraction of sp³-hybridized carbons (Fsp3) is 0.500. The summed E-state index contributed by atoms with van der Waals surface area (Å²) in [4.78, 5) is 12.7. The molecule has 1 aliphatic carbocycles. The second kappa shape index (κ2) is 7.39. The van der Waals surface area contributed by atoms with Gasteiger partial charge >= 0.3 is 0 Å². The first-order valence-electron chi connectivity index (χ1n) is 7.37. The Labute approximate surface area is 125 Å². The van der Waals surface area contributed by atoms with Crippen LogP contribution in [-0.4, -0.2) is 10.9 Å². The number of nitrogens with one attached hydrogen (secondary N) is 1. The van der Waals surface area contributed by atoms with Crippen LogP contribution in [0.2, 0.25) is 0 Å². The third-order valence-electron chi connectivity index (χ3n) is 3.89. The molecule has 1 aromatic rings. The molecule has 0 spiro atoms. The van der Waals surface area contributed by atoms with Gasteiger partial charge in [-0.3, -0.25) is 4.79 Å². The number of hydrogen-bond acceptors (Lipinski definition) is 2. The molecule has 4 heteroatoms. The molecule has 0 unspecified atom stereocenters. The molecule has 1 aliphatic rings. The lowest BCUT2D eigenvalue weighted by Crippen LogP contribution is -2.23. The van der Waals surface area contributed by atoms with Crippen molar-refractivity contribution in [1.29, 1.82) is 0 Å². The van der Waals surface area contributed by atoms with Gasteiger partial charge in [0.05, 0.1) is 0 Å². The third kappa shape index (κ3) is 4.30. The zero-order chi connectivity index (χ0) is 14.4. The molecule has 0 aliphatic heterocycles. The van der Waals surface area contributed by atoms with Crippen LogP contribution < -0.4 is 11.1 Å². The summed E-state index contributed by atoms with van der Waals surface area (Å²) >= 11 is 4.96. The molecule has 0 saturated heterocycles. The van der Waals surface area contributed by atoms with Gasteiger partial charge in [0.1, 0.15) is 4.99 Å². The predicted molar refractivity (Wildman–Crippen MR) is 86.8 cm³/mol. The van der Waals surface area contributed by atoms with Crippen molar-refractivity contribution in [1.82, 2.24) is 0 Å². The minimum Gasteiger partial charge on any atom is -0.389 e. The van der Waals surface area contributed by atoms with Gasteiger partial charge in [-0.1, -0.05) is 56.5 Å². The van der Waals surface area contributed by atoms with Gasteiger partial charge in [-0.25, -0.2) is 0 Å². The van der Waals surface area contributed by atoms with E-state index in [2.05, 4.69) is 5.32 Å². The number of amides is 1. The van der Waals surface area contributed by atoms with Crippen LogP contribution in [0, 0.1) is 5.92 Å². The lowest BCUT2D eigenvalue weighted by Gasteiger charge is -2.19. The van der Waals surface area contributed by atoms with E-state index in [1.54, 1.807) is 0 Å². The molecule has 0 atom stereocenters. The van der Waals surface area contributed by atoms with E-state index in [9.17, 15) is 4.79 Å². The minimum atomic E-state index is 0.131. The summed E-state index contributed by atoms with van der Waals surface area (Å²) in [6.07, 6.45) is 8.13. The van der Waals surface area contributed by atoms with Crippen LogP contribution in [0.15, 0.2) is 24.3 Å². The Kier molecular flexibility index (Phi) is 5.53. The average molecular weight is 290 g/mol. The topological polar surface area (TPSA) is 55.1 Å². The van der Waals surface area contributed by atoms with Gasteiger partial charge in [0, 0.05) is 17.2 Å². The van der Waals surface area contributed by atoms with E-state index in [0.29, 0.717) is 4.99 Å². The van der Waals surface area contributed by atoms with Gasteiger partial charge in [-0.15, -0.1) is 0 Å². The Bertz CT molecular complexity index is 479. The Morgan fingerprint density at radius 2 is 1.80 bits per heavy atom. The maximum atomic E-state index is 12.3. The van der Waals surface area contributed by atoms with Gasteiger partial charge in [0.15, 0.2) is 0 Å². The summed E-state index contributed by atoms with van der Waals surface area (Å²) in [6, 6.07) is 7.43. The van der Waals surface area contributed by atoms with E-state index in [0.717, 1.165) is 36.9 Å². The van der Waals surface area contributed by atoms with Crippen molar-refractivity contribution in [3.05, 3.63) is 29.8 Å². The first kappa shape index (κ1) is 15.0. The fourth-order valence-corrected chi connectivity index (χ4v) is 2.84. The van der Waals surface area contributed by atoms with Gasteiger partial charge < -0.3 is 11.1 Å². The van der Waals surface area contributed by atoms with Crippen LogP contribution in [0.4, 0.5) is 5.69 Å². The first-order chi connectivity index (χ1) is 9.66. The molecule has 1 aromatic carbocycles. The standard InChI is InChI=1S/C16H22N2OS/c17-15(20)13-9-6-10-14(11-13)18-16(19)12-7-4-2-1-3-5-8-12/h6,9-12H,1-5,7-8H2,(H2,17,20)(H,18,19). The van der Waals surface area contributed by atoms with Crippen molar-refractivity contribution in [3.63, 3.8) is 0 Å². The molecule has 1 saturated carbocycles. The smallest absolute Gasteiger partial charge is 0.227 e. The molecule has 20 heavy (non-hydrogen) atoms. The van der Waals surface area contributed by atoms with E-state index < -0.39 is 0 Å². The van der Waals surface area contributed by atoms with Crippen molar-refractivity contribution in [2.24, 2.45) is 11.7 Å². The maximum absolute atomic E-state index is 12.3. The summed E-state index contributed by atoms with van der Waals surface area (Å²) in [5, 5.41) is 3.00. The van der Waals surface area contributed by atoms with Crippen molar-refractivity contribution in [3.8, 4) is 0 Å². The lowest BCUT2D eigenvalue weighted by molar-refractivity contribution is -0.120. The molecule has 0 heterocycles. The Morgan fingerprint density at radius 1 is 1.15 bits per heavy atom. The van der Waals surface area contributed by atoms with Crippen LogP contribution in [0.3, 0.4) is 0 Å². The van der Waals surface area contributed by atoms with Crippen molar-refractivity contribution < 1.29 is 4.79 Å². The molecular weight excluding hydrogens is 268 g/mol. The fourth-order valence-electron chi connectivity index (χ4n) is 2.71. The predicted octanol–water partition coefficient (Wildman–Crippen LogP) is 3.62. The monoisotopic (exact) mass is 290 g/mol. The minimum absolute atomic E-state index is 0.131. The van der Waals surface area contributed by atoms with Crippen molar-refractivity contribution >= 4 is 28.8 Å². The maximum Gasteiger partial charge on any atom is 0.227 e. The molecule has 1 fully saturated rings. The van der Waals surface area contributed by atoms with Crippen LogP contribution >= 0.6 is 12.2 Å². The first-order valence-corrected chi connectivity index (χ1v) is 7.78. The zero-order valence-corrected chi connectivity index (χ0v) is 12.5. The molecule has 3 N–H and O–H groups in total. The number of anilines is 1. The molecule has 3 nitrogen and oxygen atoms in total.